The van der Waals surface area contributed by atoms with Gasteiger partial charge in [0.1, 0.15) is 5.75 Å². The van der Waals surface area contributed by atoms with Crippen LogP contribution in [0.2, 0.25) is 0 Å². The smallest absolute Gasteiger partial charge is 0.168 e. The first-order valence-corrected chi connectivity index (χ1v) is 3.83. The van der Waals surface area contributed by atoms with Crippen molar-refractivity contribution in [1.29, 1.82) is 0 Å². The lowest BCUT2D eigenvalue weighted by molar-refractivity contribution is 0.265. The van der Waals surface area contributed by atoms with E-state index < -0.39 is 29.6 Å². The monoisotopic (exact) mass is 238 g/mol. The summed E-state index contributed by atoms with van der Waals surface area (Å²) in [5.74, 6) is -2.81. The minimum Gasteiger partial charge on any atom is -0.506 e. The van der Waals surface area contributed by atoms with E-state index in [4.69, 9.17) is 10.2 Å². The number of hydrogen-bond donors (Lipinski definition) is 2. The molecule has 1 aromatic rings. The van der Waals surface area contributed by atoms with Crippen LogP contribution in [0.5, 0.6) is 5.75 Å². The van der Waals surface area contributed by atoms with Gasteiger partial charge < -0.3 is 10.2 Å². The minimum absolute atomic E-state index is 0.0189. The van der Waals surface area contributed by atoms with Gasteiger partial charge in [0.15, 0.2) is 11.6 Å². The summed E-state index contributed by atoms with van der Waals surface area (Å²) in [6, 6.07) is 0.795. The van der Waals surface area contributed by atoms with E-state index >= 15 is 0 Å². The summed E-state index contributed by atoms with van der Waals surface area (Å²) in [5.41, 5.74) is -0.443. The maximum Gasteiger partial charge on any atom is 0.168 e. The Bertz CT molecular complexity index is 289. The molecule has 0 unspecified atom stereocenters. The van der Waals surface area contributed by atoms with Crippen molar-refractivity contribution in [2.45, 2.75) is 6.61 Å². The average molecular weight is 239 g/mol. The van der Waals surface area contributed by atoms with Crippen LogP contribution >= 0.6 is 15.9 Å². The number of aromatic hydroxyl groups is 1. The highest BCUT2D eigenvalue weighted by atomic mass is 79.9. The minimum atomic E-state index is -1.22. The Balaban J connectivity index is 3.42. The molecule has 0 spiro atoms. The zero-order valence-electron chi connectivity index (χ0n) is 5.81. The third-order valence-corrected chi connectivity index (χ3v) is 2.00. The molecule has 0 fully saturated rings. The molecule has 0 saturated heterocycles. The average Bonchev–Trinajstić information content (AvgIpc) is 2.02. The van der Waals surface area contributed by atoms with Gasteiger partial charge in [0, 0.05) is 0 Å². The number of phenols is 1. The molecule has 0 aromatic heterocycles. The lowest BCUT2D eigenvalue weighted by atomic mass is 10.2. The van der Waals surface area contributed by atoms with Crippen molar-refractivity contribution >= 4 is 15.9 Å². The van der Waals surface area contributed by atoms with Crippen LogP contribution < -0.4 is 0 Å². The first-order chi connectivity index (χ1) is 5.57. The van der Waals surface area contributed by atoms with E-state index in [-0.39, 0.29) is 4.47 Å². The third kappa shape index (κ3) is 1.42. The summed E-state index contributed by atoms with van der Waals surface area (Å²) >= 11 is 2.80. The number of hydrogen-bond acceptors (Lipinski definition) is 2. The molecule has 66 valence electrons. The molecule has 0 atom stereocenters. The fourth-order valence-electron chi connectivity index (χ4n) is 0.780. The van der Waals surface area contributed by atoms with Gasteiger partial charge in [-0.15, -0.1) is 0 Å². The molecule has 0 bridgehead atoms. The number of aliphatic hydroxyl groups excluding tert-OH is 1. The van der Waals surface area contributed by atoms with Crippen LogP contribution in [-0.4, -0.2) is 10.2 Å². The topological polar surface area (TPSA) is 40.5 Å². The Morgan fingerprint density at radius 3 is 2.50 bits per heavy atom. The van der Waals surface area contributed by atoms with Gasteiger partial charge in [-0.05, 0) is 22.0 Å². The Labute approximate surface area is 75.6 Å². The van der Waals surface area contributed by atoms with Gasteiger partial charge in [0.2, 0.25) is 0 Å². The van der Waals surface area contributed by atoms with Crippen LogP contribution in [0.25, 0.3) is 0 Å². The fourth-order valence-corrected chi connectivity index (χ4v) is 1.22. The zero-order valence-corrected chi connectivity index (χ0v) is 7.40. The van der Waals surface area contributed by atoms with Crippen molar-refractivity contribution in [1.82, 2.24) is 0 Å². The number of aliphatic hydroxyl groups is 1. The Kier molecular flexibility index (Phi) is 2.64. The summed E-state index contributed by atoms with van der Waals surface area (Å²) in [7, 11) is 0. The maximum absolute atomic E-state index is 12.7. The highest BCUT2D eigenvalue weighted by Crippen LogP contribution is 2.31. The van der Waals surface area contributed by atoms with Crippen molar-refractivity contribution in [2.24, 2.45) is 0 Å². The van der Waals surface area contributed by atoms with Gasteiger partial charge in [-0.2, -0.15) is 0 Å². The molecule has 12 heavy (non-hydrogen) atoms. The predicted molar refractivity (Wildman–Crippen MR) is 41.6 cm³/mol. The first kappa shape index (κ1) is 9.41. The summed E-state index contributed by atoms with van der Waals surface area (Å²) in [6.07, 6.45) is 0. The summed E-state index contributed by atoms with van der Waals surface area (Å²) in [5, 5.41) is 17.6. The standard InChI is InChI=1S/C7H5BrF2O2/c8-4-1-5(9)6(10)3(2-11)7(4)12/h1,11-12H,2H2. The van der Waals surface area contributed by atoms with Gasteiger partial charge >= 0.3 is 0 Å². The van der Waals surface area contributed by atoms with Crippen molar-refractivity contribution in [3.63, 3.8) is 0 Å². The van der Waals surface area contributed by atoms with Crippen LogP contribution in [0.15, 0.2) is 10.5 Å². The quantitative estimate of drug-likeness (QED) is 0.735. The van der Waals surface area contributed by atoms with Crippen LogP contribution in [0.1, 0.15) is 5.56 Å². The van der Waals surface area contributed by atoms with Gasteiger partial charge in [0.25, 0.3) is 0 Å². The zero-order chi connectivity index (χ0) is 9.30. The van der Waals surface area contributed by atoms with Gasteiger partial charge in [-0.25, -0.2) is 8.78 Å². The summed E-state index contributed by atoms with van der Waals surface area (Å²) in [6.45, 7) is -0.742. The number of rotatable bonds is 1. The molecule has 0 aliphatic rings. The molecule has 0 heterocycles. The van der Waals surface area contributed by atoms with Gasteiger partial charge in [-0.1, -0.05) is 0 Å². The second kappa shape index (κ2) is 3.37. The van der Waals surface area contributed by atoms with Gasteiger partial charge in [-0.3, -0.25) is 0 Å². The highest BCUT2D eigenvalue weighted by molar-refractivity contribution is 9.10. The van der Waals surface area contributed by atoms with E-state index in [0.717, 1.165) is 6.07 Å². The SMILES string of the molecule is OCc1c(O)c(Br)cc(F)c1F. The second-order valence-electron chi connectivity index (χ2n) is 2.14. The largest absolute Gasteiger partial charge is 0.506 e. The molecule has 0 aliphatic carbocycles. The molecule has 0 amide bonds. The molecule has 0 aliphatic heterocycles. The van der Waals surface area contributed by atoms with Crippen molar-refractivity contribution in [3.8, 4) is 5.75 Å². The van der Waals surface area contributed by atoms with E-state index in [0.29, 0.717) is 0 Å². The van der Waals surface area contributed by atoms with E-state index in [9.17, 15) is 8.78 Å². The van der Waals surface area contributed by atoms with E-state index in [1.165, 1.54) is 0 Å². The van der Waals surface area contributed by atoms with E-state index in [1.54, 1.807) is 0 Å². The van der Waals surface area contributed by atoms with Crippen LogP contribution in [0, 0.1) is 11.6 Å². The predicted octanol–water partition coefficient (Wildman–Crippen LogP) is 1.93. The number of halogens is 3. The molecular formula is C7H5BrF2O2. The van der Waals surface area contributed by atoms with Gasteiger partial charge in [0.05, 0.1) is 16.6 Å². The Morgan fingerprint density at radius 2 is 2.00 bits per heavy atom. The lowest BCUT2D eigenvalue weighted by Crippen LogP contribution is -1.95. The van der Waals surface area contributed by atoms with Crippen LogP contribution in [-0.2, 0) is 6.61 Å². The number of benzene rings is 1. The normalized spacial score (nSPS) is 10.3. The third-order valence-electron chi connectivity index (χ3n) is 1.40. The molecule has 0 radical (unpaired) electrons. The van der Waals surface area contributed by atoms with Crippen molar-refractivity contribution in [3.05, 3.63) is 27.7 Å². The molecule has 1 aromatic carbocycles. The first-order valence-electron chi connectivity index (χ1n) is 3.04. The molecule has 2 nitrogen and oxygen atoms in total. The lowest BCUT2D eigenvalue weighted by Gasteiger charge is -2.05. The molecule has 5 heteroatoms. The Morgan fingerprint density at radius 1 is 1.42 bits per heavy atom. The second-order valence-corrected chi connectivity index (χ2v) is 2.99. The summed E-state index contributed by atoms with van der Waals surface area (Å²) in [4.78, 5) is 0. The van der Waals surface area contributed by atoms with E-state index in [1.807, 2.05) is 0 Å². The van der Waals surface area contributed by atoms with Crippen molar-refractivity contribution < 1.29 is 19.0 Å². The molecule has 1 rings (SSSR count). The maximum atomic E-state index is 12.7. The van der Waals surface area contributed by atoms with Crippen LogP contribution in [0.3, 0.4) is 0 Å². The van der Waals surface area contributed by atoms with Crippen LogP contribution in [0.4, 0.5) is 8.78 Å². The summed E-state index contributed by atoms with van der Waals surface area (Å²) < 4.78 is 25.3. The molecule has 0 saturated carbocycles. The molecular weight excluding hydrogens is 234 g/mol. The highest BCUT2D eigenvalue weighted by Gasteiger charge is 2.15. The van der Waals surface area contributed by atoms with Crippen molar-refractivity contribution in [2.75, 3.05) is 0 Å². The fraction of sp³-hybridized carbons (Fsp3) is 0.143. The van der Waals surface area contributed by atoms with E-state index in [2.05, 4.69) is 15.9 Å². The molecule has 2 N–H and O–H groups in total. The Hall–Kier alpha value is -0.680.